The van der Waals surface area contributed by atoms with Gasteiger partial charge in [-0.25, -0.2) is 0 Å². The number of rotatable bonds is 6. The van der Waals surface area contributed by atoms with Crippen molar-refractivity contribution in [2.24, 2.45) is 0 Å². The lowest BCUT2D eigenvalue weighted by Crippen LogP contribution is -2.53. The number of nitrogens with zero attached hydrogens (tertiary/aromatic N) is 2. The third kappa shape index (κ3) is 5.38. The van der Waals surface area contributed by atoms with E-state index in [0.29, 0.717) is 60.3 Å². The Hall–Kier alpha value is -3.53. The molecule has 3 rings (SSSR count). The highest BCUT2D eigenvalue weighted by atomic mass is 16.5. The Bertz CT molecular complexity index is 994. The van der Waals surface area contributed by atoms with Crippen molar-refractivity contribution in [3.63, 3.8) is 0 Å². The van der Waals surface area contributed by atoms with Crippen LogP contribution in [0.25, 0.3) is 0 Å². The number of hydrogen-bond donors (Lipinski definition) is 2. The van der Waals surface area contributed by atoms with Gasteiger partial charge in [0.05, 0.1) is 26.3 Å². The van der Waals surface area contributed by atoms with Crippen LogP contribution in [0.4, 0.5) is 0 Å². The Labute approximate surface area is 186 Å². The second-order valence-corrected chi connectivity index (χ2v) is 7.47. The van der Waals surface area contributed by atoms with Crippen molar-refractivity contribution in [3.8, 4) is 11.5 Å². The molecule has 0 unspecified atom stereocenters. The molecular weight excluding hydrogens is 416 g/mol. The number of benzene rings is 1. The van der Waals surface area contributed by atoms with Crippen LogP contribution in [0.3, 0.4) is 0 Å². The molecule has 1 aliphatic heterocycles. The number of ether oxygens (including phenoxy) is 2. The number of carbonyl (C=O) groups is 3. The normalized spacial score (nSPS) is 14.1. The van der Waals surface area contributed by atoms with E-state index < -0.39 is 5.91 Å². The van der Waals surface area contributed by atoms with E-state index in [1.54, 1.807) is 30.0 Å². The van der Waals surface area contributed by atoms with Crippen molar-refractivity contribution < 1.29 is 28.3 Å². The number of carbonyl (C=O) groups excluding carboxylic acids is 3. The summed E-state index contributed by atoms with van der Waals surface area (Å²) in [6, 6.07) is 6.46. The van der Waals surface area contributed by atoms with E-state index in [1.807, 2.05) is 11.8 Å². The zero-order chi connectivity index (χ0) is 23.3. The van der Waals surface area contributed by atoms with Gasteiger partial charge in [0.15, 0.2) is 11.5 Å². The summed E-state index contributed by atoms with van der Waals surface area (Å²) in [5.74, 6) is 1.35. The summed E-state index contributed by atoms with van der Waals surface area (Å²) in [7, 11) is 2.99. The molecule has 1 fully saturated rings. The lowest BCUT2D eigenvalue weighted by molar-refractivity contribution is -0.123. The van der Waals surface area contributed by atoms with Crippen LogP contribution >= 0.6 is 0 Å². The first-order valence-corrected chi connectivity index (χ1v) is 10.2. The monoisotopic (exact) mass is 444 g/mol. The van der Waals surface area contributed by atoms with Crippen molar-refractivity contribution >= 4 is 17.7 Å². The van der Waals surface area contributed by atoms with E-state index in [2.05, 4.69) is 10.9 Å². The van der Waals surface area contributed by atoms with Gasteiger partial charge in [0.25, 0.3) is 17.7 Å². The lowest BCUT2D eigenvalue weighted by Gasteiger charge is -2.34. The van der Waals surface area contributed by atoms with Gasteiger partial charge >= 0.3 is 0 Å². The third-order valence-electron chi connectivity index (χ3n) is 5.26. The number of hydrazine groups is 1. The van der Waals surface area contributed by atoms with E-state index in [1.165, 1.54) is 20.3 Å². The van der Waals surface area contributed by atoms with Crippen LogP contribution in [0, 0.1) is 13.8 Å². The van der Waals surface area contributed by atoms with Gasteiger partial charge in [-0.15, -0.1) is 0 Å². The SMILES string of the molecule is COc1ccc(C(=O)NNC(=O)CN2CCN(C(=O)c3cc(C)oc3C)CC2)cc1OC. The van der Waals surface area contributed by atoms with Gasteiger partial charge < -0.3 is 18.8 Å². The molecule has 1 aliphatic rings. The van der Waals surface area contributed by atoms with Crippen molar-refractivity contribution in [1.29, 1.82) is 0 Å². The van der Waals surface area contributed by atoms with Gasteiger partial charge in [-0.3, -0.25) is 30.1 Å². The Balaban J connectivity index is 1.45. The first-order valence-electron chi connectivity index (χ1n) is 10.2. The van der Waals surface area contributed by atoms with Crippen molar-refractivity contribution in [2.75, 3.05) is 46.9 Å². The van der Waals surface area contributed by atoms with Gasteiger partial charge in [0, 0.05) is 31.7 Å². The van der Waals surface area contributed by atoms with Crippen molar-refractivity contribution in [3.05, 3.63) is 46.9 Å². The largest absolute Gasteiger partial charge is 0.493 e. The number of piperazine rings is 1. The molecule has 1 aromatic heterocycles. The molecule has 172 valence electrons. The second-order valence-electron chi connectivity index (χ2n) is 7.47. The molecule has 10 nitrogen and oxygen atoms in total. The van der Waals surface area contributed by atoms with E-state index >= 15 is 0 Å². The zero-order valence-electron chi connectivity index (χ0n) is 18.7. The second kappa shape index (κ2) is 10.2. The molecule has 1 aromatic carbocycles. The summed E-state index contributed by atoms with van der Waals surface area (Å²) >= 11 is 0. The summed E-state index contributed by atoms with van der Waals surface area (Å²) in [6.45, 7) is 5.82. The quantitative estimate of drug-likeness (QED) is 0.642. The minimum atomic E-state index is -0.472. The summed E-state index contributed by atoms with van der Waals surface area (Å²) < 4.78 is 15.8. The van der Waals surface area contributed by atoms with Crippen molar-refractivity contribution in [1.82, 2.24) is 20.7 Å². The minimum Gasteiger partial charge on any atom is -0.493 e. The molecule has 3 amide bonds. The highest BCUT2D eigenvalue weighted by Crippen LogP contribution is 2.27. The van der Waals surface area contributed by atoms with Gasteiger partial charge in [-0.05, 0) is 38.1 Å². The summed E-state index contributed by atoms with van der Waals surface area (Å²) in [5.41, 5.74) is 5.71. The predicted molar refractivity (Wildman–Crippen MR) is 116 cm³/mol. The molecule has 32 heavy (non-hydrogen) atoms. The molecule has 2 N–H and O–H groups in total. The van der Waals surface area contributed by atoms with Crippen LogP contribution in [0.2, 0.25) is 0 Å². The molecule has 10 heteroatoms. The predicted octanol–water partition coefficient (Wildman–Crippen LogP) is 1.13. The van der Waals surface area contributed by atoms with Crippen LogP contribution in [-0.2, 0) is 4.79 Å². The van der Waals surface area contributed by atoms with Gasteiger partial charge in [0.1, 0.15) is 11.5 Å². The summed E-state index contributed by atoms with van der Waals surface area (Å²) in [4.78, 5) is 40.9. The number of furan rings is 1. The maximum atomic E-state index is 12.7. The zero-order valence-corrected chi connectivity index (χ0v) is 18.7. The average molecular weight is 444 g/mol. The Morgan fingerprint density at radius 1 is 0.969 bits per heavy atom. The molecule has 0 spiro atoms. The first kappa shape index (κ1) is 23.1. The maximum absolute atomic E-state index is 12.7. The van der Waals surface area contributed by atoms with Crippen molar-refractivity contribution in [2.45, 2.75) is 13.8 Å². The van der Waals surface area contributed by atoms with E-state index in [4.69, 9.17) is 13.9 Å². The number of amides is 3. The molecule has 1 saturated heterocycles. The van der Waals surface area contributed by atoms with Crippen LogP contribution < -0.4 is 20.3 Å². The average Bonchev–Trinajstić information content (AvgIpc) is 3.14. The van der Waals surface area contributed by atoms with E-state index in [-0.39, 0.29) is 18.4 Å². The van der Waals surface area contributed by atoms with Crippen LogP contribution in [0.15, 0.2) is 28.7 Å². The highest BCUT2D eigenvalue weighted by molar-refractivity contribution is 5.96. The third-order valence-corrected chi connectivity index (χ3v) is 5.26. The highest BCUT2D eigenvalue weighted by Gasteiger charge is 2.25. The molecule has 2 aromatic rings. The number of nitrogens with one attached hydrogen (secondary N) is 2. The standard InChI is InChI=1S/C22H28N4O6/c1-14-11-17(15(2)32-14)22(29)26-9-7-25(8-10-26)13-20(27)23-24-21(28)16-5-6-18(30-3)19(12-16)31-4/h5-6,11-12H,7-10,13H2,1-4H3,(H,23,27)(H,24,28). The molecule has 2 heterocycles. The topological polar surface area (TPSA) is 113 Å². The van der Waals surface area contributed by atoms with Gasteiger partial charge in [-0.2, -0.15) is 0 Å². The molecule has 0 bridgehead atoms. The van der Waals surface area contributed by atoms with Crippen LogP contribution in [-0.4, -0.2) is 74.5 Å². The van der Waals surface area contributed by atoms with Gasteiger partial charge in [-0.1, -0.05) is 0 Å². The number of methoxy groups -OCH3 is 2. The Kier molecular flexibility index (Phi) is 7.37. The molecular formula is C22H28N4O6. The summed E-state index contributed by atoms with van der Waals surface area (Å²) in [5, 5.41) is 0. The fourth-order valence-electron chi connectivity index (χ4n) is 3.54. The fraction of sp³-hybridized carbons (Fsp3) is 0.409. The summed E-state index contributed by atoms with van der Waals surface area (Å²) in [6.07, 6.45) is 0. The molecule has 0 saturated carbocycles. The molecule has 0 aliphatic carbocycles. The Morgan fingerprint density at radius 2 is 1.66 bits per heavy atom. The van der Waals surface area contributed by atoms with E-state index in [9.17, 15) is 14.4 Å². The van der Waals surface area contributed by atoms with Crippen LogP contribution in [0.5, 0.6) is 11.5 Å². The number of aryl methyl sites for hydroxylation is 2. The smallest absolute Gasteiger partial charge is 0.269 e. The first-order chi connectivity index (χ1) is 15.3. The Morgan fingerprint density at radius 3 is 2.25 bits per heavy atom. The van der Waals surface area contributed by atoms with Crippen LogP contribution in [0.1, 0.15) is 32.2 Å². The lowest BCUT2D eigenvalue weighted by atomic mass is 10.2. The molecule has 0 radical (unpaired) electrons. The van der Waals surface area contributed by atoms with Gasteiger partial charge in [0.2, 0.25) is 0 Å². The molecule has 0 atom stereocenters. The fourth-order valence-corrected chi connectivity index (χ4v) is 3.54. The maximum Gasteiger partial charge on any atom is 0.269 e. The minimum absolute atomic E-state index is 0.0642. The number of hydrogen-bond acceptors (Lipinski definition) is 7. The van der Waals surface area contributed by atoms with E-state index in [0.717, 1.165) is 0 Å².